The van der Waals surface area contributed by atoms with Gasteiger partial charge in [-0.2, -0.15) is 0 Å². The smallest absolute Gasteiger partial charge is 0.151 e. The second-order valence-corrected chi connectivity index (χ2v) is 3.90. The van der Waals surface area contributed by atoms with E-state index in [9.17, 15) is 0 Å². The van der Waals surface area contributed by atoms with Crippen LogP contribution in [0.2, 0.25) is 0 Å². The van der Waals surface area contributed by atoms with Gasteiger partial charge in [0.05, 0.1) is 9.80 Å². The summed E-state index contributed by atoms with van der Waals surface area (Å²) >= 11 is 0. The molecule has 2 heterocycles. The quantitative estimate of drug-likeness (QED) is 0.742. The van der Waals surface area contributed by atoms with Gasteiger partial charge >= 0.3 is 0 Å². The second-order valence-electron chi connectivity index (χ2n) is 3.90. The van der Waals surface area contributed by atoms with Crippen molar-refractivity contribution >= 4 is 11.5 Å². The third-order valence-electron chi connectivity index (χ3n) is 2.61. The van der Waals surface area contributed by atoms with Crippen molar-refractivity contribution < 1.29 is 4.11 Å². The van der Waals surface area contributed by atoms with Crippen LogP contribution in [0.4, 0.5) is 11.5 Å². The van der Waals surface area contributed by atoms with E-state index in [0.717, 1.165) is 19.5 Å². The molecule has 0 aromatic carbocycles. The van der Waals surface area contributed by atoms with Crippen LogP contribution in [0.3, 0.4) is 0 Å². The monoisotopic (exact) mass is 194 g/mol. The summed E-state index contributed by atoms with van der Waals surface area (Å²) < 4.78 is 22.8. The Labute approximate surface area is 89.1 Å². The van der Waals surface area contributed by atoms with Gasteiger partial charge in [0.1, 0.15) is 0 Å². The standard InChI is InChI=1S/C11H17N3/c1-9-4-3-7-14(8-9)11-10(12)5-2-6-13-11/h2,5-6,9H,3-4,7-8,12H2,1H3/i2D,5D,6D. The lowest BCUT2D eigenvalue weighted by Crippen LogP contribution is -2.35. The average molecular weight is 194 g/mol. The fraction of sp³-hybridized carbons (Fsp3) is 0.545. The zero-order valence-corrected chi connectivity index (χ0v) is 8.38. The third-order valence-corrected chi connectivity index (χ3v) is 2.61. The minimum atomic E-state index is -0.198. The highest BCUT2D eigenvalue weighted by Crippen LogP contribution is 2.25. The number of aromatic nitrogens is 1. The topological polar surface area (TPSA) is 42.2 Å². The average Bonchev–Trinajstić information content (AvgIpc) is 2.31. The first kappa shape index (κ1) is 6.27. The van der Waals surface area contributed by atoms with Crippen LogP contribution in [0.25, 0.3) is 0 Å². The normalized spacial score (nSPS) is 25.4. The Balaban J connectivity index is 2.38. The Bertz CT molecular complexity index is 436. The summed E-state index contributed by atoms with van der Waals surface area (Å²) in [5.41, 5.74) is 6.06. The maximum atomic E-state index is 7.70. The lowest BCUT2D eigenvalue weighted by atomic mass is 10.0. The number of hydrogen-bond donors (Lipinski definition) is 1. The Hall–Kier alpha value is -1.25. The first-order valence-corrected chi connectivity index (χ1v) is 4.99. The second kappa shape index (κ2) is 3.86. The molecular weight excluding hydrogens is 174 g/mol. The molecule has 1 aliphatic heterocycles. The zero-order chi connectivity index (χ0) is 12.6. The molecule has 0 spiro atoms. The van der Waals surface area contributed by atoms with Gasteiger partial charge < -0.3 is 10.6 Å². The van der Waals surface area contributed by atoms with Crippen molar-refractivity contribution in [3.8, 4) is 0 Å². The molecule has 0 saturated carbocycles. The summed E-state index contributed by atoms with van der Waals surface area (Å²) in [6, 6.07) is -0.283. The molecule has 76 valence electrons. The zero-order valence-electron chi connectivity index (χ0n) is 11.4. The van der Waals surface area contributed by atoms with E-state index in [-0.39, 0.29) is 23.9 Å². The van der Waals surface area contributed by atoms with Crippen LogP contribution in [-0.2, 0) is 0 Å². The number of pyridine rings is 1. The van der Waals surface area contributed by atoms with Gasteiger partial charge in [0.15, 0.2) is 5.82 Å². The van der Waals surface area contributed by atoms with E-state index < -0.39 is 0 Å². The minimum Gasteiger partial charge on any atom is -0.396 e. The van der Waals surface area contributed by atoms with Gasteiger partial charge in [-0.05, 0) is 30.8 Å². The van der Waals surface area contributed by atoms with E-state index in [4.69, 9.17) is 9.85 Å². The van der Waals surface area contributed by atoms with Crippen LogP contribution in [-0.4, -0.2) is 18.1 Å². The molecule has 1 atom stereocenters. The van der Waals surface area contributed by atoms with Gasteiger partial charge in [0.25, 0.3) is 0 Å². The summed E-state index contributed by atoms with van der Waals surface area (Å²) in [7, 11) is 0. The molecular formula is C11H17N3. The van der Waals surface area contributed by atoms with Crippen LogP contribution in [0.15, 0.2) is 18.3 Å². The van der Waals surface area contributed by atoms with Crippen molar-refractivity contribution in [1.29, 1.82) is 0 Å². The maximum absolute atomic E-state index is 7.70. The molecule has 2 N–H and O–H groups in total. The first-order valence-electron chi connectivity index (χ1n) is 6.49. The molecule has 3 heteroatoms. The van der Waals surface area contributed by atoms with E-state index >= 15 is 0 Å². The van der Waals surface area contributed by atoms with Crippen molar-refractivity contribution in [3.63, 3.8) is 0 Å². The van der Waals surface area contributed by atoms with Crippen molar-refractivity contribution in [2.75, 3.05) is 23.7 Å². The highest BCUT2D eigenvalue weighted by Gasteiger charge is 2.18. The highest BCUT2D eigenvalue weighted by atomic mass is 15.2. The summed E-state index contributed by atoms with van der Waals surface area (Å²) in [4.78, 5) is 6.08. The van der Waals surface area contributed by atoms with E-state index in [1.54, 1.807) is 0 Å². The molecule has 14 heavy (non-hydrogen) atoms. The van der Waals surface area contributed by atoms with E-state index in [2.05, 4.69) is 11.9 Å². The molecule has 3 nitrogen and oxygen atoms in total. The predicted molar refractivity (Wildman–Crippen MR) is 59.3 cm³/mol. The fourth-order valence-electron chi connectivity index (χ4n) is 1.92. The number of piperidine rings is 1. The molecule has 1 aromatic rings. The predicted octanol–water partition coefficient (Wildman–Crippen LogP) is 1.90. The third kappa shape index (κ3) is 1.81. The Morgan fingerprint density at radius 3 is 3.36 bits per heavy atom. The summed E-state index contributed by atoms with van der Waals surface area (Å²) in [6.45, 7) is 3.88. The lowest BCUT2D eigenvalue weighted by molar-refractivity contribution is 0.445. The van der Waals surface area contributed by atoms with Gasteiger partial charge in [0, 0.05) is 19.3 Å². The molecule has 0 amide bonds. The molecule has 0 radical (unpaired) electrons. The minimum absolute atomic E-state index is 0.0850. The first-order chi connectivity index (χ1) is 8.00. The summed E-state index contributed by atoms with van der Waals surface area (Å²) in [5, 5.41) is 0. The van der Waals surface area contributed by atoms with Crippen LogP contribution < -0.4 is 10.6 Å². The van der Waals surface area contributed by atoms with Crippen molar-refractivity contribution in [3.05, 3.63) is 18.3 Å². The largest absolute Gasteiger partial charge is 0.396 e. The molecule has 1 saturated heterocycles. The Morgan fingerprint density at radius 2 is 2.57 bits per heavy atom. The molecule has 1 unspecified atom stereocenters. The van der Waals surface area contributed by atoms with E-state index in [1.807, 2.05) is 4.90 Å². The SMILES string of the molecule is [2H]c1nc(N2CCCC(C)C2)c(N)c([2H])c1[2H]. The van der Waals surface area contributed by atoms with E-state index in [0.29, 0.717) is 11.7 Å². The van der Waals surface area contributed by atoms with Crippen LogP contribution in [0.1, 0.15) is 23.9 Å². The summed E-state index contributed by atoms with van der Waals surface area (Å²) in [6.07, 6.45) is 2.09. The Morgan fingerprint density at radius 1 is 1.71 bits per heavy atom. The van der Waals surface area contributed by atoms with Crippen LogP contribution >= 0.6 is 0 Å². The van der Waals surface area contributed by atoms with Gasteiger partial charge in [-0.15, -0.1) is 0 Å². The maximum Gasteiger partial charge on any atom is 0.151 e. The number of hydrogen-bond acceptors (Lipinski definition) is 3. The van der Waals surface area contributed by atoms with Crippen molar-refractivity contribution in [2.24, 2.45) is 5.92 Å². The molecule has 1 fully saturated rings. The number of nitrogen functional groups attached to an aromatic ring is 1. The molecule has 2 rings (SSSR count). The van der Waals surface area contributed by atoms with Crippen molar-refractivity contribution in [2.45, 2.75) is 19.8 Å². The molecule has 0 aliphatic carbocycles. The number of nitrogens with two attached hydrogens (primary N) is 1. The molecule has 1 aliphatic rings. The van der Waals surface area contributed by atoms with E-state index in [1.165, 1.54) is 6.42 Å². The number of anilines is 2. The van der Waals surface area contributed by atoms with Crippen LogP contribution in [0, 0.1) is 5.92 Å². The van der Waals surface area contributed by atoms with Gasteiger partial charge in [0.2, 0.25) is 0 Å². The summed E-state index contributed by atoms with van der Waals surface area (Å²) in [5.74, 6) is 1.08. The highest BCUT2D eigenvalue weighted by molar-refractivity contribution is 5.62. The fourth-order valence-corrected chi connectivity index (χ4v) is 1.92. The lowest BCUT2D eigenvalue weighted by Gasteiger charge is -2.32. The van der Waals surface area contributed by atoms with Gasteiger partial charge in [-0.1, -0.05) is 6.92 Å². The van der Waals surface area contributed by atoms with Crippen LogP contribution in [0.5, 0.6) is 0 Å². The van der Waals surface area contributed by atoms with Crippen molar-refractivity contribution in [1.82, 2.24) is 4.98 Å². The Kier molecular flexibility index (Phi) is 1.73. The van der Waals surface area contributed by atoms with Gasteiger partial charge in [-0.25, -0.2) is 4.98 Å². The van der Waals surface area contributed by atoms with Gasteiger partial charge in [-0.3, -0.25) is 0 Å². The number of rotatable bonds is 1. The molecule has 1 aromatic heterocycles. The number of nitrogens with zero attached hydrogens (tertiary/aromatic N) is 2. The molecule has 0 bridgehead atoms.